The maximum Gasteiger partial charge on any atom is 0.326 e. The van der Waals surface area contributed by atoms with E-state index in [0.29, 0.717) is 6.42 Å². The molecule has 11 nitrogen and oxygen atoms in total. The van der Waals surface area contributed by atoms with Crippen LogP contribution >= 0.6 is 0 Å². The molecule has 0 unspecified atom stereocenters. The van der Waals surface area contributed by atoms with Crippen molar-refractivity contribution in [2.24, 2.45) is 5.73 Å². The minimum absolute atomic E-state index is 0.0521. The molecule has 2 aromatic carbocycles. The summed E-state index contributed by atoms with van der Waals surface area (Å²) in [6.07, 6.45) is -1.96. The number of hydrogen-bond acceptors (Lipinski definition) is 8. The summed E-state index contributed by atoms with van der Waals surface area (Å²) in [5.41, 5.74) is 8.65. The van der Waals surface area contributed by atoms with Gasteiger partial charge in [-0.2, -0.15) is 0 Å². The highest BCUT2D eigenvalue weighted by molar-refractivity contribution is 5.88. The normalized spacial score (nSPS) is 22.9. The zero-order valence-corrected chi connectivity index (χ0v) is 20.1. The summed E-state index contributed by atoms with van der Waals surface area (Å²) in [6.45, 7) is -0.408. The molecule has 2 heterocycles. The Morgan fingerprint density at radius 2 is 1.70 bits per heavy atom. The molecule has 6 atom stereocenters. The quantitative estimate of drug-likeness (QED) is 0.191. The van der Waals surface area contributed by atoms with Crippen LogP contribution in [0.1, 0.15) is 11.1 Å². The van der Waals surface area contributed by atoms with Crippen molar-refractivity contribution in [1.82, 2.24) is 10.3 Å². The van der Waals surface area contributed by atoms with Crippen LogP contribution in [0.2, 0.25) is 0 Å². The van der Waals surface area contributed by atoms with Crippen molar-refractivity contribution in [1.29, 1.82) is 0 Å². The molecule has 1 aliphatic rings. The van der Waals surface area contributed by atoms with Gasteiger partial charge in [0.1, 0.15) is 30.5 Å². The molecule has 1 amide bonds. The van der Waals surface area contributed by atoms with E-state index in [-0.39, 0.29) is 19.6 Å². The van der Waals surface area contributed by atoms with E-state index in [0.717, 1.165) is 22.0 Å². The first-order chi connectivity index (χ1) is 17.7. The minimum atomic E-state index is -1.22. The van der Waals surface area contributed by atoms with E-state index in [4.69, 9.17) is 30.9 Å². The molecule has 4 rings (SSSR count). The van der Waals surface area contributed by atoms with Gasteiger partial charge in [0.05, 0.1) is 19.3 Å². The molecule has 1 fully saturated rings. The fourth-order valence-corrected chi connectivity index (χ4v) is 3.99. The van der Waals surface area contributed by atoms with Crippen LogP contribution in [0, 0.1) is 0 Å². The molecule has 0 bridgehead atoms. The number of aliphatic hydroxyl groups excluding tert-OH is 4. The van der Waals surface area contributed by atoms with Gasteiger partial charge in [0.15, 0.2) is 0 Å². The topological polar surface area (TPSA) is 198 Å². The standard InChI is InChI=1S/C20H21N3O3.C6H12O5/c21-16(10-13-6-2-1-3-7-13)19(24)23-18(20(25)26)11-14-12-22-17-9-5-4-8-15(14)17;7-1-4-6(10)5(9)3(8)2-11-4/h1-9,12,16,18,22H,10-11,21H2,(H,23,24)(H,25,26);3-10H,1-2H2/t16-,18-;3-,4+,5+,6+/m00/s1. The Morgan fingerprint density at radius 3 is 2.38 bits per heavy atom. The first-order valence-electron chi connectivity index (χ1n) is 11.9. The smallest absolute Gasteiger partial charge is 0.326 e. The number of carboxylic acid groups (broad SMARTS) is 1. The fourth-order valence-electron chi connectivity index (χ4n) is 3.99. The number of benzene rings is 2. The Hall–Kier alpha value is -3.32. The van der Waals surface area contributed by atoms with Crippen molar-refractivity contribution in [3.05, 3.63) is 71.9 Å². The van der Waals surface area contributed by atoms with Crippen LogP contribution in [0.15, 0.2) is 60.8 Å². The third-order valence-electron chi connectivity index (χ3n) is 6.13. The molecule has 3 aromatic rings. The second-order valence-electron chi connectivity index (χ2n) is 8.86. The monoisotopic (exact) mass is 515 g/mol. The van der Waals surface area contributed by atoms with Crippen molar-refractivity contribution in [3.63, 3.8) is 0 Å². The molecule has 1 saturated heterocycles. The zero-order valence-electron chi connectivity index (χ0n) is 20.1. The minimum Gasteiger partial charge on any atom is -0.480 e. The number of fused-ring (bicyclic) bond motifs is 1. The molecule has 0 spiro atoms. The Kier molecular flexibility index (Phi) is 10.1. The number of aromatic nitrogens is 1. The number of hydrogen-bond donors (Lipinski definition) is 8. The van der Waals surface area contributed by atoms with Gasteiger partial charge in [-0.15, -0.1) is 0 Å². The average Bonchev–Trinajstić information content (AvgIpc) is 3.30. The van der Waals surface area contributed by atoms with E-state index in [1.165, 1.54) is 0 Å². The molecule has 11 heteroatoms. The number of carboxylic acids is 1. The van der Waals surface area contributed by atoms with E-state index in [1.807, 2.05) is 54.6 Å². The number of carbonyl (C=O) groups is 2. The summed E-state index contributed by atoms with van der Waals surface area (Å²) in [5, 5.41) is 48.7. The van der Waals surface area contributed by atoms with Crippen molar-refractivity contribution >= 4 is 22.8 Å². The number of carbonyl (C=O) groups excluding carboxylic acids is 1. The van der Waals surface area contributed by atoms with Crippen molar-refractivity contribution in [2.75, 3.05) is 13.2 Å². The van der Waals surface area contributed by atoms with E-state index in [2.05, 4.69) is 10.3 Å². The number of nitrogens with one attached hydrogen (secondary N) is 2. The lowest BCUT2D eigenvalue weighted by Gasteiger charge is -2.34. The van der Waals surface area contributed by atoms with Crippen molar-refractivity contribution in [2.45, 2.75) is 49.3 Å². The lowest BCUT2D eigenvalue weighted by Crippen LogP contribution is -2.53. The van der Waals surface area contributed by atoms with Gasteiger partial charge < -0.3 is 46.3 Å². The number of aromatic amines is 1. The predicted molar refractivity (Wildman–Crippen MR) is 135 cm³/mol. The Balaban J connectivity index is 0.000000289. The highest BCUT2D eigenvalue weighted by atomic mass is 16.5. The highest BCUT2D eigenvalue weighted by Crippen LogP contribution is 2.19. The molecular formula is C26H33N3O8. The van der Waals surface area contributed by atoms with Gasteiger partial charge in [-0.3, -0.25) is 4.79 Å². The molecule has 1 aliphatic heterocycles. The molecule has 37 heavy (non-hydrogen) atoms. The third kappa shape index (κ3) is 7.59. The third-order valence-corrected chi connectivity index (χ3v) is 6.13. The Morgan fingerprint density at radius 1 is 1.03 bits per heavy atom. The van der Waals surface area contributed by atoms with Crippen LogP contribution in [0.25, 0.3) is 10.9 Å². The van der Waals surface area contributed by atoms with Crippen LogP contribution in [0.3, 0.4) is 0 Å². The van der Waals surface area contributed by atoms with E-state index in [9.17, 15) is 14.7 Å². The molecule has 9 N–H and O–H groups in total. The second kappa shape index (κ2) is 13.3. The Labute approximate surface area is 213 Å². The van der Waals surface area contributed by atoms with E-state index in [1.54, 1.807) is 6.20 Å². The molecule has 0 radical (unpaired) electrons. The van der Waals surface area contributed by atoms with Gasteiger partial charge in [0.2, 0.25) is 5.91 Å². The SMILES string of the molecule is N[C@@H](Cc1ccccc1)C(=O)N[C@@H](Cc1c[nH]c2ccccc12)C(=O)O.OC[C@H]1OC[C@H](O)[C@@H](O)[C@@H]1O. The van der Waals surface area contributed by atoms with Crippen molar-refractivity contribution < 1.29 is 39.9 Å². The average molecular weight is 516 g/mol. The number of para-hydroxylation sites is 1. The molecule has 0 aliphatic carbocycles. The van der Waals surface area contributed by atoms with Gasteiger partial charge in [-0.1, -0.05) is 48.5 Å². The summed E-state index contributed by atoms with van der Waals surface area (Å²) < 4.78 is 4.81. The van der Waals surface area contributed by atoms with Crippen LogP contribution < -0.4 is 11.1 Å². The zero-order chi connectivity index (χ0) is 26.9. The number of H-pyrrole nitrogens is 1. The largest absolute Gasteiger partial charge is 0.480 e. The first-order valence-corrected chi connectivity index (χ1v) is 11.9. The summed E-state index contributed by atoms with van der Waals surface area (Å²) in [6, 6.07) is 15.2. The summed E-state index contributed by atoms with van der Waals surface area (Å²) >= 11 is 0. The Bertz CT molecular complexity index is 1150. The van der Waals surface area contributed by atoms with Crippen molar-refractivity contribution in [3.8, 4) is 0 Å². The number of nitrogens with two attached hydrogens (primary N) is 1. The van der Waals surface area contributed by atoms with Crippen LogP contribution in [-0.4, -0.2) is 92.1 Å². The van der Waals surface area contributed by atoms with Gasteiger partial charge >= 0.3 is 5.97 Å². The maximum atomic E-state index is 12.3. The molecule has 200 valence electrons. The molecule has 0 saturated carbocycles. The summed E-state index contributed by atoms with van der Waals surface area (Å²) in [7, 11) is 0. The fraction of sp³-hybridized carbons (Fsp3) is 0.385. The number of aliphatic carboxylic acids is 1. The number of aliphatic hydroxyl groups is 4. The first kappa shape index (κ1) is 28.3. The van der Waals surface area contributed by atoms with Crippen LogP contribution in [-0.2, 0) is 27.2 Å². The molecular weight excluding hydrogens is 482 g/mol. The predicted octanol–water partition coefficient (Wildman–Crippen LogP) is -0.690. The number of rotatable bonds is 8. The summed E-state index contributed by atoms with van der Waals surface area (Å²) in [5.74, 6) is -1.56. The lowest BCUT2D eigenvalue weighted by molar-refractivity contribution is -0.195. The lowest BCUT2D eigenvalue weighted by atomic mass is 10.0. The van der Waals surface area contributed by atoms with E-state index < -0.39 is 48.4 Å². The maximum absolute atomic E-state index is 12.3. The van der Waals surface area contributed by atoms with Gasteiger partial charge in [0, 0.05) is 23.5 Å². The van der Waals surface area contributed by atoms with Gasteiger partial charge in [-0.05, 0) is 23.6 Å². The second-order valence-corrected chi connectivity index (χ2v) is 8.86. The van der Waals surface area contributed by atoms with Gasteiger partial charge in [-0.25, -0.2) is 4.79 Å². The van der Waals surface area contributed by atoms with Gasteiger partial charge in [0.25, 0.3) is 0 Å². The highest BCUT2D eigenvalue weighted by Gasteiger charge is 2.36. The van der Waals surface area contributed by atoms with Crippen LogP contribution in [0.4, 0.5) is 0 Å². The van der Waals surface area contributed by atoms with Crippen LogP contribution in [0.5, 0.6) is 0 Å². The molecule has 1 aromatic heterocycles. The number of amides is 1. The van der Waals surface area contributed by atoms with E-state index >= 15 is 0 Å². The summed E-state index contributed by atoms with van der Waals surface area (Å²) in [4.78, 5) is 27.1. The number of ether oxygens (including phenoxy) is 1.